The molecule has 24 heavy (non-hydrogen) atoms. The van der Waals surface area contributed by atoms with Crippen LogP contribution in [0.5, 0.6) is 0 Å². The topological polar surface area (TPSA) is 66.0 Å². The lowest BCUT2D eigenvalue weighted by atomic mass is 9.98. The molecule has 0 bridgehead atoms. The van der Waals surface area contributed by atoms with Crippen molar-refractivity contribution in [2.75, 3.05) is 39.3 Å². The van der Waals surface area contributed by atoms with Crippen LogP contribution in [0.15, 0.2) is 4.99 Å². The Morgan fingerprint density at radius 1 is 1.33 bits per heavy atom. The van der Waals surface area contributed by atoms with Crippen molar-refractivity contribution in [2.45, 2.75) is 53.0 Å². The monoisotopic (exact) mass is 454 g/mol. The molecule has 6 nitrogen and oxygen atoms in total. The molecule has 0 saturated carbocycles. The molecule has 0 spiro atoms. The Morgan fingerprint density at radius 2 is 2.04 bits per heavy atom. The summed E-state index contributed by atoms with van der Waals surface area (Å²) in [6.07, 6.45) is 1.90. The number of carbonyl (C=O) groups excluding carboxylic acids is 1. The summed E-state index contributed by atoms with van der Waals surface area (Å²) in [5.74, 6) is 0.778. The SMILES string of the molecule is CCNC(=NCCNC(C)(C)C)N1CCCC(C(=O)OCC)C1.I. The third-order valence-corrected chi connectivity index (χ3v) is 3.70. The third kappa shape index (κ3) is 9.05. The highest BCUT2D eigenvalue weighted by molar-refractivity contribution is 14.0. The van der Waals surface area contributed by atoms with Gasteiger partial charge in [-0.3, -0.25) is 9.79 Å². The number of piperidine rings is 1. The summed E-state index contributed by atoms with van der Waals surface area (Å²) in [5, 5.41) is 6.78. The van der Waals surface area contributed by atoms with E-state index in [2.05, 4.69) is 43.2 Å². The van der Waals surface area contributed by atoms with Gasteiger partial charge in [-0.1, -0.05) is 0 Å². The van der Waals surface area contributed by atoms with Gasteiger partial charge in [0.05, 0.1) is 19.1 Å². The first-order chi connectivity index (χ1) is 10.9. The zero-order valence-electron chi connectivity index (χ0n) is 15.9. The molecular weight excluding hydrogens is 419 g/mol. The number of hydrogen-bond acceptors (Lipinski definition) is 4. The van der Waals surface area contributed by atoms with Gasteiger partial charge in [-0.25, -0.2) is 0 Å². The first kappa shape index (κ1) is 23.4. The van der Waals surface area contributed by atoms with E-state index < -0.39 is 0 Å². The second kappa shape index (κ2) is 11.9. The zero-order chi connectivity index (χ0) is 17.3. The van der Waals surface area contributed by atoms with Crippen LogP contribution in [0.1, 0.15) is 47.5 Å². The Kier molecular flexibility index (Phi) is 11.6. The molecule has 1 heterocycles. The molecule has 7 heteroatoms. The van der Waals surface area contributed by atoms with Gasteiger partial charge in [0, 0.05) is 31.7 Å². The van der Waals surface area contributed by atoms with Gasteiger partial charge in [0.15, 0.2) is 5.96 Å². The summed E-state index contributed by atoms with van der Waals surface area (Å²) >= 11 is 0. The molecule has 0 amide bonds. The molecule has 0 aliphatic carbocycles. The van der Waals surface area contributed by atoms with Crippen LogP contribution in [-0.4, -0.2) is 61.7 Å². The number of rotatable bonds is 6. The molecule has 0 radical (unpaired) electrons. The second-order valence-corrected chi connectivity index (χ2v) is 6.95. The quantitative estimate of drug-likeness (QED) is 0.212. The number of esters is 1. The molecule has 1 unspecified atom stereocenters. The average molecular weight is 454 g/mol. The molecule has 1 fully saturated rings. The van der Waals surface area contributed by atoms with Crippen molar-refractivity contribution < 1.29 is 9.53 Å². The van der Waals surface area contributed by atoms with Crippen LogP contribution < -0.4 is 10.6 Å². The fraction of sp³-hybridized carbons (Fsp3) is 0.882. The van der Waals surface area contributed by atoms with E-state index >= 15 is 0 Å². The fourth-order valence-electron chi connectivity index (χ4n) is 2.64. The smallest absolute Gasteiger partial charge is 0.310 e. The van der Waals surface area contributed by atoms with Gasteiger partial charge >= 0.3 is 5.97 Å². The van der Waals surface area contributed by atoms with Gasteiger partial charge in [-0.05, 0) is 47.5 Å². The van der Waals surface area contributed by atoms with Crippen LogP contribution in [0, 0.1) is 5.92 Å². The number of nitrogens with one attached hydrogen (secondary N) is 2. The highest BCUT2D eigenvalue weighted by Gasteiger charge is 2.28. The van der Waals surface area contributed by atoms with Gasteiger partial charge in [-0.2, -0.15) is 0 Å². The van der Waals surface area contributed by atoms with Crippen molar-refractivity contribution >= 4 is 35.9 Å². The van der Waals surface area contributed by atoms with Crippen molar-refractivity contribution in [1.29, 1.82) is 0 Å². The minimum absolute atomic E-state index is 0. The Bertz CT molecular complexity index is 397. The first-order valence-electron chi connectivity index (χ1n) is 8.82. The van der Waals surface area contributed by atoms with E-state index in [-0.39, 0.29) is 41.4 Å². The number of ether oxygens (including phenoxy) is 1. The molecular formula is C17H35IN4O2. The van der Waals surface area contributed by atoms with E-state index in [9.17, 15) is 4.79 Å². The van der Waals surface area contributed by atoms with Crippen LogP contribution in [0.25, 0.3) is 0 Å². The number of guanidine groups is 1. The molecule has 1 aliphatic rings. The maximum absolute atomic E-state index is 12.0. The van der Waals surface area contributed by atoms with Gasteiger partial charge in [0.1, 0.15) is 0 Å². The number of aliphatic imine (C=N–C) groups is 1. The van der Waals surface area contributed by atoms with Crippen LogP contribution >= 0.6 is 24.0 Å². The minimum atomic E-state index is -0.0811. The standard InChI is InChI=1S/C17H34N4O2.HI/c1-6-18-16(19-10-11-20-17(3,4)5)21-12-8-9-14(13-21)15(22)23-7-2;/h14,20H,6-13H2,1-5H3,(H,18,19);1H. The van der Waals surface area contributed by atoms with Gasteiger partial charge in [0.2, 0.25) is 0 Å². The van der Waals surface area contributed by atoms with Crippen LogP contribution in [0.3, 0.4) is 0 Å². The predicted octanol–water partition coefficient (Wildman–Crippen LogP) is 2.23. The predicted molar refractivity (Wildman–Crippen MR) is 110 cm³/mol. The molecule has 1 atom stereocenters. The van der Waals surface area contributed by atoms with E-state index in [0.717, 1.165) is 45.0 Å². The van der Waals surface area contributed by atoms with Crippen LogP contribution in [0.4, 0.5) is 0 Å². The van der Waals surface area contributed by atoms with E-state index in [1.165, 1.54) is 0 Å². The summed E-state index contributed by atoms with van der Waals surface area (Å²) in [6, 6.07) is 0. The summed E-state index contributed by atoms with van der Waals surface area (Å²) in [4.78, 5) is 18.9. The summed E-state index contributed by atoms with van der Waals surface area (Å²) < 4.78 is 5.17. The Labute approximate surface area is 164 Å². The van der Waals surface area contributed by atoms with Crippen molar-refractivity contribution in [2.24, 2.45) is 10.9 Å². The molecule has 1 saturated heterocycles. The molecule has 2 N–H and O–H groups in total. The first-order valence-corrected chi connectivity index (χ1v) is 8.82. The van der Waals surface area contributed by atoms with Crippen LogP contribution in [0.2, 0.25) is 0 Å². The minimum Gasteiger partial charge on any atom is -0.466 e. The maximum atomic E-state index is 12.0. The number of halogens is 1. The van der Waals surface area contributed by atoms with E-state index in [1.54, 1.807) is 0 Å². The fourth-order valence-corrected chi connectivity index (χ4v) is 2.64. The molecule has 142 valence electrons. The molecule has 0 aromatic heterocycles. The van der Waals surface area contributed by atoms with Gasteiger partial charge in [0.25, 0.3) is 0 Å². The number of carbonyl (C=O) groups is 1. The average Bonchev–Trinajstić information content (AvgIpc) is 2.50. The number of hydrogen-bond donors (Lipinski definition) is 2. The van der Waals surface area contributed by atoms with Crippen molar-refractivity contribution in [3.8, 4) is 0 Å². The molecule has 1 rings (SSSR count). The summed E-state index contributed by atoms with van der Waals surface area (Å²) in [6.45, 7) is 14.8. The Morgan fingerprint density at radius 3 is 2.62 bits per heavy atom. The number of likely N-dealkylation sites (tertiary alicyclic amines) is 1. The molecule has 0 aromatic carbocycles. The lowest BCUT2D eigenvalue weighted by Crippen LogP contribution is -2.48. The van der Waals surface area contributed by atoms with E-state index in [0.29, 0.717) is 13.2 Å². The van der Waals surface area contributed by atoms with E-state index in [4.69, 9.17) is 9.73 Å². The van der Waals surface area contributed by atoms with E-state index in [1.807, 2.05) is 6.92 Å². The third-order valence-electron chi connectivity index (χ3n) is 3.70. The maximum Gasteiger partial charge on any atom is 0.310 e. The van der Waals surface area contributed by atoms with Crippen molar-refractivity contribution in [1.82, 2.24) is 15.5 Å². The lowest BCUT2D eigenvalue weighted by molar-refractivity contribution is -0.149. The molecule has 1 aliphatic heterocycles. The zero-order valence-corrected chi connectivity index (χ0v) is 18.2. The summed E-state index contributed by atoms with van der Waals surface area (Å²) in [7, 11) is 0. The van der Waals surface area contributed by atoms with Crippen molar-refractivity contribution in [3.63, 3.8) is 0 Å². The lowest BCUT2D eigenvalue weighted by Gasteiger charge is -2.34. The highest BCUT2D eigenvalue weighted by atomic mass is 127. The van der Waals surface area contributed by atoms with Gasteiger partial charge < -0.3 is 20.3 Å². The van der Waals surface area contributed by atoms with Gasteiger partial charge in [-0.15, -0.1) is 24.0 Å². The highest BCUT2D eigenvalue weighted by Crippen LogP contribution is 2.18. The largest absolute Gasteiger partial charge is 0.466 e. The Balaban J connectivity index is 0.00000529. The van der Waals surface area contributed by atoms with Crippen LogP contribution in [-0.2, 0) is 9.53 Å². The number of nitrogens with zero attached hydrogens (tertiary/aromatic N) is 2. The Hall–Kier alpha value is -0.570. The molecule has 0 aromatic rings. The normalized spacial score (nSPS) is 18.8. The van der Waals surface area contributed by atoms with Crippen molar-refractivity contribution in [3.05, 3.63) is 0 Å². The second-order valence-electron chi connectivity index (χ2n) is 6.95. The summed E-state index contributed by atoms with van der Waals surface area (Å²) in [5.41, 5.74) is 0.105.